The van der Waals surface area contributed by atoms with E-state index >= 15 is 0 Å². The van der Waals surface area contributed by atoms with Gasteiger partial charge in [-0.15, -0.1) is 0 Å². The van der Waals surface area contributed by atoms with Gasteiger partial charge < -0.3 is 4.98 Å². The molecule has 0 saturated heterocycles. The summed E-state index contributed by atoms with van der Waals surface area (Å²) in [6, 6.07) is 2.25. The molecule has 122 valence electrons. The lowest BCUT2D eigenvalue weighted by Gasteiger charge is -2.03. The average Bonchev–Trinajstić information content (AvgIpc) is 2.91. The summed E-state index contributed by atoms with van der Waals surface area (Å²) in [5.41, 5.74) is -3.27. The number of hydrogen-bond acceptors (Lipinski definition) is 5. The first-order valence-corrected chi connectivity index (χ1v) is 6.63. The van der Waals surface area contributed by atoms with E-state index in [1.165, 1.54) is 0 Å². The van der Waals surface area contributed by atoms with Crippen LogP contribution in [0.2, 0.25) is 5.28 Å². The van der Waals surface area contributed by atoms with E-state index in [2.05, 4.69) is 15.0 Å². The third-order valence-electron chi connectivity index (χ3n) is 3.21. The number of nitro groups is 1. The molecule has 2 aromatic heterocycles. The minimum atomic E-state index is -1.61. The molecule has 0 radical (unpaired) electrons. The summed E-state index contributed by atoms with van der Waals surface area (Å²) in [6.45, 7) is 0. The Kier molecular flexibility index (Phi) is 3.60. The molecule has 0 saturated carbocycles. The highest BCUT2D eigenvalue weighted by atomic mass is 35.5. The third kappa shape index (κ3) is 2.42. The number of nitrogens with zero attached hydrogens (tertiary/aromatic N) is 2. The van der Waals surface area contributed by atoms with Crippen molar-refractivity contribution in [2.75, 3.05) is 0 Å². The Labute approximate surface area is 135 Å². The van der Waals surface area contributed by atoms with Crippen LogP contribution in [0.4, 0.5) is 14.5 Å². The van der Waals surface area contributed by atoms with Crippen LogP contribution in [0, 0.1) is 21.7 Å². The number of aromatic nitrogens is 3. The fourth-order valence-corrected chi connectivity index (χ4v) is 2.31. The van der Waals surface area contributed by atoms with Gasteiger partial charge in [-0.05, 0) is 23.7 Å². The Hall–Kier alpha value is -3.14. The molecule has 0 unspecified atom stereocenters. The number of benzene rings is 1. The second-order valence-electron chi connectivity index (χ2n) is 4.64. The zero-order valence-corrected chi connectivity index (χ0v) is 12.1. The number of fused-ring (bicyclic) bond motifs is 1. The van der Waals surface area contributed by atoms with Crippen LogP contribution < -0.4 is 5.56 Å². The number of nitrogens with one attached hydrogen (secondary N) is 2. The van der Waals surface area contributed by atoms with Crippen LogP contribution in [0.15, 0.2) is 23.0 Å². The van der Waals surface area contributed by atoms with E-state index in [0.717, 1.165) is 6.07 Å². The Morgan fingerprint density at radius 3 is 2.67 bits per heavy atom. The highest BCUT2D eigenvalue weighted by Gasteiger charge is 2.28. The predicted octanol–water partition coefficient (Wildman–Crippen LogP) is 2.32. The molecule has 0 spiro atoms. The molecule has 0 aliphatic heterocycles. The van der Waals surface area contributed by atoms with Gasteiger partial charge in [0.05, 0.1) is 16.0 Å². The van der Waals surface area contributed by atoms with E-state index in [1.54, 1.807) is 0 Å². The monoisotopic (exact) mass is 354 g/mol. The van der Waals surface area contributed by atoms with Crippen molar-refractivity contribution in [3.8, 4) is 0 Å². The Morgan fingerprint density at radius 1 is 1.29 bits per heavy atom. The summed E-state index contributed by atoms with van der Waals surface area (Å²) in [5, 5.41) is 10.4. The van der Waals surface area contributed by atoms with Gasteiger partial charge in [-0.3, -0.25) is 24.7 Å². The molecule has 2 N–H and O–H groups in total. The smallest absolute Gasteiger partial charge is 0.305 e. The van der Waals surface area contributed by atoms with Crippen LogP contribution >= 0.6 is 11.6 Å². The number of halogens is 3. The van der Waals surface area contributed by atoms with E-state index in [4.69, 9.17) is 11.6 Å². The molecule has 1 aromatic carbocycles. The van der Waals surface area contributed by atoms with Gasteiger partial charge in [0.1, 0.15) is 17.0 Å². The molecule has 0 bridgehead atoms. The number of ketones is 1. The van der Waals surface area contributed by atoms with Crippen molar-refractivity contribution < 1.29 is 18.5 Å². The van der Waals surface area contributed by atoms with Crippen molar-refractivity contribution in [3.05, 3.63) is 66.8 Å². The van der Waals surface area contributed by atoms with E-state index in [0.29, 0.717) is 12.1 Å². The van der Waals surface area contributed by atoms with Crippen molar-refractivity contribution in [1.29, 1.82) is 0 Å². The first-order valence-electron chi connectivity index (χ1n) is 6.25. The zero-order valence-electron chi connectivity index (χ0n) is 11.4. The molecule has 0 atom stereocenters. The van der Waals surface area contributed by atoms with Gasteiger partial charge in [-0.1, -0.05) is 0 Å². The number of hydrogen-bond donors (Lipinski definition) is 2. The minimum absolute atomic E-state index is 0.0611. The van der Waals surface area contributed by atoms with Gasteiger partial charge in [0.25, 0.3) is 5.56 Å². The Balaban J connectivity index is 2.20. The average molecular weight is 355 g/mol. The van der Waals surface area contributed by atoms with Crippen LogP contribution in [-0.2, 0) is 0 Å². The molecule has 0 amide bonds. The maximum absolute atomic E-state index is 14.1. The summed E-state index contributed by atoms with van der Waals surface area (Å²) in [5.74, 6) is -4.09. The Morgan fingerprint density at radius 2 is 2.00 bits per heavy atom. The van der Waals surface area contributed by atoms with Crippen molar-refractivity contribution in [3.63, 3.8) is 0 Å². The van der Waals surface area contributed by atoms with Gasteiger partial charge >= 0.3 is 5.69 Å². The number of carbonyl (C=O) groups excluding carboxylic acids is 1. The molecular weight excluding hydrogens is 350 g/mol. The summed E-state index contributed by atoms with van der Waals surface area (Å²) in [4.78, 5) is 42.0. The highest BCUT2D eigenvalue weighted by molar-refractivity contribution is 6.28. The van der Waals surface area contributed by atoms with Gasteiger partial charge in [-0.25, -0.2) is 9.37 Å². The fourth-order valence-electron chi connectivity index (χ4n) is 2.14. The topological polar surface area (TPSA) is 122 Å². The number of aromatic amines is 2. The molecule has 24 heavy (non-hydrogen) atoms. The van der Waals surface area contributed by atoms with E-state index in [9.17, 15) is 28.5 Å². The summed E-state index contributed by atoms with van der Waals surface area (Å²) in [7, 11) is 0. The Bertz CT molecular complexity index is 1080. The van der Waals surface area contributed by atoms with E-state index in [1.807, 2.05) is 0 Å². The molecular formula is C13H5ClF2N4O4. The van der Waals surface area contributed by atoms with Crippen LogP contribution in [0.25, 0.3) is 11.0 Å². The molecule has 8 nitrogen and oxygen atoms in total. The van der Waals surface area contributed by atoms with Crippen molar-refractivity contribution in [2.24, 2.45) is 0 Å². The number of nitro benzene ring substituents is 1. The summed E-state index contributed by atoms with van der Waals surface area (Å²) in [6.07, 6.45) is 0. The first-order chi connectivity index (χ1) is 11.3. The van der Waals surface area contributed by atoms with Crippen molar-refractivity contribution in [1.82, 2.24) is 15.0 Å². The second kappa shape index (κ2) is 5.49. The number of H-pyrrole nitrogens is 2. The van der Waals surface area contributed by atoms with Gasteiger partial charge in [0.2, 0.25) is 16.9 Å². The molecule has 3 aromatic rings. The van der Waals surface area contributed by atoms with Crippen LogP contribution in [-0.4, -0.2) is 25.7 Å². The lowest BCUT2D eigenvalue weighted by molar-refractivity contribution is -0.387. The maximum Gasteiger partial charge on any atom is 0.305 e. The summed E-state index contributed by atoms with van der Waals surface area (Å²) >= 11 is 5.57. The molecule has 0 aliphatic carbocycles. The van der Waals surface area contributed by atoms with Gasteiger partial charge in [-0.2, -0.15) is 4.39 Å². The quantitative estimate of drug-likeness (QED) is 0.323. The number of carbonyl (C=O) groups is 1. The standard InChI is InChI=1S/C13H5ClF2N4O4/c14-13-18-11-4(12(22)19-13)3-6(17-11)10(21)8-5(15)1-2-7(9(8)16)20(23)24/h1-3H,(H2,17,18,19,22). The molecule has 3 rings (SSSR count). The van der Waals surface area contributed by atoms with Crippen molar-refractivity contribution in [2.45, 2.75) is 0 Å². The normalized spacial score (nSPS) is 11.0. The maximum atomic E-state index is 14.1. The zero-order chi connectivity index (χ0) is 17.6. The molecule has 0 fully saturated rings. The van der Waals surface area contributed by atoms with Gasteiger partial charge in [0, 0.05) is 6.07 Å². The molecule has 11 heteroatoms. The van der Waals surface area contributed by atoms with Crippen molar-refractivity contribution >= 4 is 34.1 Å². The van der Waals surface area contributed by atoms with E-state index in [-0.39, 0.29) is 22.0 Å². The summed E-state index contributed by atoms with van der Waals surface area (Å²) < 4.78 is 27.9. The third-order valence-corrected chi connectivity index (χ3v) is 3.39. The van der Waals surface area contributed by atoms with E-state index < -0.39 is 39.2 Å². The minimum Gasteiger partial charge on any atom is -0.336 e. The molecule has 0 aliphatic rings. The predicted molar refractivity (Wildman–Crippen MR) is 78.2 cm³/mol. The lowest BCUT2D eigenvalue weighted by Crippen LogP contribution is -2.10. The van der Waals surface area contributed by atoms with Crippen LogP contribution in [0.3, 0.4) is 0 Å². The largest absolute Gasteiger partial charge is 0.336 e. The first kappa shape index (κ1) is 15.7. The highest BCUT2D eigenvalue weighted by Crippen LogP contribution is 2.25. The SMILES string of the molecule is O=C(c1cc2c(=O)[nH]c(Cl)nc2[nH]1)c1c(F)ccc([N+](=O)[O-])c1F. The second-order valence-corrected chi connectivity index (χ2v) is 5.00. The lowest BCUT2D eigenvalue weighted by atomic mass is 10.1. The fraction of sp³-hybridized carbons (Fsp3) is 0. The van der Waals surface area contributed by atoms with Crippen LogP contribution in [0.5, 0.6) is 0 Å². The van der Waals surface area contributed by atoms with Crippen LogP contribution in [0.1, 0.15) is 16.1 Å². The number of rotatable bonds is 3. The molecule has 2 heterocycles. The van der Waals surface area contributed by atoms with Gasteiger partial charge in [0.15, 0.2) is 0 Å².